The van der Waals surface area contributed by atoms with Crippen LogP contribution in [0.25, 0.3) is 39.7 Å². The van der Waals surface area contributed by atoms with Crippen LogP contribution in [0.5, 0.6) is 23.0 Å². The fourth-order valence-electron chi connectivity index (χ4n) is 4.87. The zero-order chi connectivity index (χ0) is 31.6. The van der Waals surface area contributed by atoms with E-state index in [1.54, 1.807) is 36.4 Å². The number of ether oxygens (including phenoxy) is 4. The molecule has 5 rings (SSSR count). The Labute approximate surface area is 250 Å². The molecule has 5 aromatic rings. The summed E-state index contributed by atoms with van der Waals surface area (Å²) in [5.41, 5.74) is 1.87. The van der Waals surface area contributed by atoms with Crippen LogP contribution >= 0.6 is 0 Å². The number of aromatic nitrogens is 4. The van der Waals surface area contributed by atoms with Gasteiger partial charge in [0.15, 0.2) is 28.7 Å². The highest BCUT2D eigenvalue weighted by Gasteiger charge is 2.35. The van der Waals surface area contributed by atoms with E-state index in [-0.39, 0.29) is 17.2 Å². The number of alkyl halides is 3. The van der Waals surface area contributed by atoms with E-state index in [9.17, 15) is 17.6 Å². The summed E-state index contributed by atoms with van der Waals surface area (Å²) in [5.74, 6) is 0.959. The molecule has 228 valence electrons. The minimum Gasteiger partial charge on any atom is -0.493 e. The van der Waals surface area contributed by atoms with Crippen molar-refractivity contribution in [2.75, 3.05) is 28.4 Å². The first-order chi connectivity index (χ1) is 21.1. The van der Waals surface area contributed by atoms with Gasteiger partial charge >= 0.3 is 6.18 Å². The molecule has 3 aromatic carbocycles. The lowest BCUT2D eigenvalue weighted by Crippen LogP contribution is -2.14. The van der Waals surface area contributed by atoms with Crippen LogP contribution in [0.15, 0.2) is 66.7 Å². The minimum absolute atomic E-state index is 0.0539. The van der Waals surface area contributed by atoms with E-state index in [1.807, 2.05) is 6.92 Å². The van der Waals surface area contributed by atoms with Gasteiger partial charge in [-0.05, 0) is 73.2 Å². The predicted molar refractivity (Wildman–Crippen MR) is 156 cm³/mol. The monoisotopic (exact) mass is 608 g/mol. The maximum absolute atomic E-state index is 14.2. The minimum atomic E-state index is -4.80. The summed E-state index contributed by atoms with van der Waals surface area (Å²) in [5, 5.41) is 4.79. The molecule has 0 bridgehead atoms. The molecule has 2 aromatic heterocycles. The van der Waals surface area contributed by atoms with E-state index in [4.69, 9.17) is 24.0 Å². The molecular weight excluding hydrogens is 580 g/mol. The Morgan fingerprint density at radius 3 is 1.77 bits per heavy atom. The zero-order valence-electron chi connectivity index (χ0n) is 24.5. The molecule has 0 aliphatic carbocycles. The van der Waals surface area contributed by atoms with Crippen LogP contribution in [0, 0.1) is 5.82 Å². The molecule has 0 fully saturated rings. The van der Waals surface area contributed by atoms with Crippen molar-refractivity contribution >= 4 is 0 Å². The third-order valence-electron chi connectivity index (χ3n) is 6.99. The lowest BCUT2D eigenvalue weighted by molar-refractivity contribution is -0.141. The molecule has 12 heteroatoms. The van der Waals surface area contributed by atoms with E-state index in [0.29, 0.717) is 57.5 Å². The highest BCUT2D eigenvalue weighted by molar-refractivity contribution is 5.78. The number of methoxy groups -OCH3 is 4. The van der Waals surface area contributed by atoms with Crippen molar-refractivity contribution in [3.63, 3.8) is 0 Å². The van der Waals surface area contributed by atoms with Gasteiger partial charge in [0.2, 0.25) is 0 Å². The van der Waals surface area contributed by atoms with Crippen LogP contribution in [0.1, 0.15) is 18.2 Å². The molecule has 8 nitrogen and oxygen atoms in total. The maximum Gasteiger partial charge on any atom is 0.433 e. The van der Waals surface area contributed by atoms with Crippen molar-refractivity contribution in [1.29, 1.82) is 0 Å². The molecule has 44 heavy (non-hydrogen) atoms. The van der Waals surface area contributed by atoms with E-state index in [0.717, 1.165) is 18.2 Å². The molecule has 0 unspecified atom stereocenters. The largest absolute Gasteiger partial charge is 0.493 e. The van der Waals surface area contributed by atoms with Crippen molar-refractivity contribution in [3.05, 3.63) is 83.8 Å². The highest BCUT2D eigenvalue weighted by Crippen LogP contribution is 2.41. The van der Waals surface area contributed by atoms with E-state index >= 15 is 0 Å². The summed E-state index contributed by atoms with van der Waals surface area (Å²) in [6.45, 7) is 1.91. The Kier molecular flexibility index (Phi) is 8.43. The Morgan fingerprint density at radius 2 is 1.23 bits per heavy atom. The van der Waals surface area contributed by atoms with E-state index in [2.05, 4.69) is 9.97 Å². The van der Waals surface area contributed by atoms with Crippen molar-refractivity contribution in [2.45, 2.75) is 19.5 Å². The number of halogens is 4. The van der Waals surface area contributed by atoms with Crippen LogP contribution in [-0.2, 0) is 12.6 Å². The Hall–Kier alpha value is -5.13. The normalized spacial score (nSPS) is 11.4. The number of hydrogen-bond donors (Lipinski definition) is 0. The molecular formula is C32H28F4N4O4. The molecule has 0 N–H and O–H groups in total. The SMILES string of the molecule is CCc1c(-c2ccc(OC)c(OC)c2)nn(-c2nc(-c3ccc(F)cc3)cc(C(F)(F)F)n2)c1-c1ccc(OC)c(OC)c1. The number of hydrogen-bond acceptors (Lipinski definition) is 7. The first-order valence-corrected chi connectivity index (χ1v) is 13.4. The first-order valence-electron chi connectivity index (χ1n) is 13.4. The Morgan fingerprint density at radius 1 is 0.682 bits per heavy atom. The highest BCUT2D eigenvalue weighted by atomic mass is 19.4. The summed E-state index contributed by atoms with van der Waals surface area (Å²) in [6.07, 6.45) is -4.36. The quantitative estimate of drug-likeness (QED) is 0.161. The summed E-state index contributed by atoms with van der Waals surface area (Å²) >= 11 is 0. The smallest absolute Gasteiger partial charge is 0.433 e. The van der Waals surface area contributed by atoms with Gasteiger partial charge in [-0.1, -0.05) is 6.92 Å². The summed E-state index contributed by atoms with van der Waals surface area (Å²) in [6, 6.07) is 16.2. The van der Waals surface area contributed by atoms with Gasteiger partial charge in [0.1, 0.15) is 5.82 Å². The molecule has 0 aliphatic heterocycles. The van der Waals surface area contributed by atoms with Crippen molar-refractivity contribution in [3.8, 4) is 62.7 Å². The van der Waals surface area contributed by atoms with Gasteiger partial charge in [-0.3, -0.25) is 0 Å². The number of rotatable bonds is 9. The molecule has 0 atom stereocenters. The van der Waals surface area contributed by atoms with Gasteiger partial charge in [-0.25, -0.2) is 14.4 Å². The van der Waals surface area contributed by atoms with Crippen LogP contribution < -0.4 is 18.9 Å². The molecule has 0 saturated heterocycles. The molecule has 0 radical (unpaired) electrons. The average molecular weight is 609 g/mol. The van der Waals surface area contributed by atoms with Crippen LogP contribution in [0.3, 0.4) is 0 Å². The van der Waals surface area contributed by atoms with Crippen LogP contribution in [0.4, 0.5) is 17.6 Å². The van der Waals surface area contributed by atoms with Gasteiger partial charge in [0, 0.05) is 22.3 Å². The first kappa shape index (κ1) is 30.3. The van der Waals surface area contributed by atoms with Gasteiger partial charge in [-0.2, -0.15) is 23.0 Å². The van der Waals surface area contributed by atoms with E-state index < -0.39 is 17.7 Å². The Bertz CT molecular complexity index is 1800. The van der Waals surface area contributed by atoms with Crippen molar-refractivity contribution in [1.82, 2.24) is 19.7 Å². The van der Waals surface area contributed by atoms with Crippen molar-refractivity contribution in [2.24, 2.45) is 0 Å². The topological polar surface area (TPSA) is 80.5 Å². The fourth-order valence-corrected chi connectivity index (χ4v) is 4.87. The summed E-state index contributed by atoms with van der Waals surface area (Å²) in [7, 11) is 6.01. The van der Waals surface area contributed by atoms with Crippen LogP contribution in [-0.4, -0.2) is 48.2 Å². The third kappa shape index (κ3) is 5.75. The second-order valence-corrected chi connectivity index (χ2v) is 9.52. The molecule has 0 spiro atoms. The lowest BCUT2D eigenvalue weighted by Gasteiger charge is -2.14. The zero-order valence-corrected chi connectivity index (χ0v) is 24.5. The lowest BCUT2D eigenvalue weighted by atomic mass is 9.99. The van der Waals surface area contributed by atoms with Gasteiger partial charge < -0.3 is 18.9 Å². The van der Waals surface area contributed by atoms with Gasteiger partial charge in [-0.15, -0.1) is 0 Å². The second kappa shape index (κ2) is 12.2. The average Bonchev–Trinajstić information content (AvgIpc) is 3.43. The van der Waals surface area contributed by atoms with Crippen LogP contribution in [0.2, 0.25) is 0 Å². The van der Waals surface area contributed by atoms with Crippen molar-refractivity contribution < 1.29 is 36.5 Å². The molecule has 0 amide bonds. The standard InChI is InChI=1S/C32H28F4N4O4/c1-6-22-29(19-9-13-24(41-2)26(15-19)43-4)39-40(30(22)20-10-14-25(42-3)27(16-20)44-5)31-37-23(17-28(38-31)32(34,35)36)18-7-11-21(33)12-8-18/h7-17H,6H2,1-5H3. The number of nitrogens with zero attached hydrogens (tertiary/aromatic N) is 4. The molecule has 0 saturated carbocycles. The third-order valence-corrected chi connectivity index (χ3v) is 6.99. The molecule has 2 heterocycles. The maximum atomic E-state index is 14.2. The predicted octanol–water partition coefficient (Wildman–Crippen LogP) is 7.42. The second-order valence-electron chi connectivity index (χ2n) is 9.52. The van der Waals surface area contributed by atoms with E-state index in [1.165, 1.54) is 45.3 Å². The van der Waals surface area contributed by atoms with Gasteiger partial charge in [0.05, 0.1) is 45.5 Å². The molecule has 0 aliphatic rings. The number of benzene rings is 3. The Balaban J connectivity index is 1.84. The van der Waals surface area contributed by atoms with Gasteiger partial charge in [0.25, 0.3) is 5.95 Å². The summed E-state index contributed by atoms with van der Waals surface area (Å²) < 4.78 is 79.3. The fraction of sp³-hybridized carbons (Fsp3) is 0.219. The summed E-state index contributed by atoms with van der Waals surface area (Å²) in [4.78, 5) is 8.40.